The maximum atomic E-state index is 6.02. The summed E-state index contributed by atoms with van der Waals surface area (Å²) in [5, 5.41) is 0. The first kappa shape index (κ1) is 14.2. The summed E-state index contributed by atoms with van der Waals surface area (Å²) in [7, 11) is 0. The molecule has 4 nitrogen and oxygen atoms in total. The molecule has 4 heteroatoms. The molecule has 0 saturated heterocycles. The number of benzene rings is 2. The number of rotatable bonds is 6. The first-order valence-corrected chi connectivity index (χ1v) is 7.32. The number of ether oxygens (including phenoxy) is 1. The Hall–Kier alpha value is -2.75. The van der Waals surface area contributed by atoms with E-state index in [4.69, 9.17) is 10.5 Å². The number of nitrogens with two attached hydrogens (primary N) is 1. The second kappa shape index (κ2) is 6.35. The van der Waals surface area contributed by atoms with E-state index in [-0.39, 0.29) is 0 Å². The van der Waals surface area contributed by atoms with Gasteiger partial charge in [0.25, 0.3) is 0 Å². The van der Waals surface area contributed by atoms with E-state index < -0.39 is 0 Å². The molecule has 0 unspecified atom stereocenters. The van der Waals surface area contributed by atoms with Gasteiger partial charge in [0, 0.05) is 13.0 Å². The highest BCUT2D eigenvalue weighted by Crippen LogP contribution is 2.22. The van der Waals surface area contributed by atoms with Crippen LogP contribution in [0.25, 0.3) is 11.0 Å². The number of hydrogen-bond acceptors (Lipinski definition) is 3. The molecule has 22 heavy (non-hydrogen) atoms. The van der Waals surface area contributed by atoms with Crippen LogP contribution in [-0.2, 0) is 13.0 Å². The van der Waals surface area contributed by atoms with Crippen molar-refractivity contribution < 1.29 is 4.74 Å². The Morgan fingerprint density at radius 3 is 2.73 bits per heavy atom. The number of allylic oxidation sites excluding steroid dienone is 1. The number of fused-ring (bicyclic) bond motifs is 1. The Labute approximate surface area is 129 Å². The van der Waals surface area contributed by atoms with E-state index in [1.54, 1.807) is 0 Å². The molecule has 2 aromatic carbocycles. The maximum Gasteiger partial charge on any atom is 0.119 e. The SMILES string of the molecule is C=CCn1c(CCOc2ccccc2)nc2c(N)cccc21. The second-order valence-electron chi connectivity index (χ2n) is 5.05. The molecule has 0 amide bonds. The monoisotopic (exact) mass is 293 g/mol. The summed E-state index contributed by atoms with van der Waals surface area (Å²) in [6.45, 7) is 5.11. The molecule has 1 aromatic heterocycles. The minimum atomic E-state index is 0.574. The van der Waals surface area contributed by atoms with Crippen molar-refractivity contribution in [3.63, 3.8) is 0 Å². The highest BCUT2D eigenvalue weighted by Gasteiger charge is 2.11. The zero-order valence-corrected chi connectivity index (χ0v) is 12.4. The molecule has 0 bridgehead atoms. The number of imidazole rings is 1. The van der Waals surface area contributed by atoms with E-state index in [0.717, 1.165) is 29.0 Å². The lowest BCUT2D eigenvalue weighted by Gasteiger charge is -2.08. The fraction of sp³-hybridized carbons (Fsp3) is 0.167. The van der Waals surface area contributed by atoms with E-state index in [9.17, 15) is 0 Å². The predicted octanol–water partition coefficient (Wildman–Crippen LogP) is 3.43. The molecule has 0 aliphatic carbocycles. The third-order valence-corrected chi connectivity index (χ3v) is 3.54. The largest absolute Gasteiger partial charge is 0.493 e. The zero-order valence-electron chi connectivity index (χ0n) is 12.4. The quantitative estimate of drug-likeness (QED) is 0.559. The van der Waals surface area contributed by atoms with Crippen LogP contribution in [-0.4, -0.2) is 16.2 Å². The summed E-state index contributed by atoms with van der Waals surface area (Å²) in [6.07, 6.45) is 2.59. The Balaban J connectivity index is 1.82. The molecule has 0 aliphatic rings. The van der Waals surface area contributed by atoms with Crippen LogP contribution in [0.2, 0.25) is 0 Å². The van der Waals surface area contributed by atoms with Crippen LogP contribution in [0.3, 0.4) is 0 Å². The highest BCUT2D eigenvalue weighted by atomic mass is 16.5. The molecular formula is C18H19N3O. The van der Waals surface area contributed by atoms with Gasteiger partial charge in [-0.3, -0.25) is 0 Å². The third-order valence-electron chi connectivity index (χ3n) is 3.54. The molecule has 0 spiro atoms. The van der Waals surface area contributed by atoms with Crippen LogP contribution < -0.4 is 10.5 Å². The Bertz CT molecular complexity index is 778. The normalized spacial score (nSPS) is 10.7. The van der Waals surface area contributed by atoms with Crippen LogP contribution in [0, 0.1) is 0 Å². The van der Waals surface area contributed by atoms with Crippen LogP contribution in [0.4, 0.5) is 5.69 Å². The van der Waals surface area contributed by atoms with E-state index in [0.29, 0.717) is 18.8 Å². The van der Waals surface area contributed by atoms with Crippen molar-refractivity contribution in [3.05, 3.63) is 67.0 Å². The molecule has 112 valence electrons. The average Bonchev–Trinajstić information content (AvgIpc) is 2.89. The average molecular weight is 293 g/mol. The molecule has 0 atom stereocenters. The predicted molar refractivity (Wildman–Crippen MR) is 90.0 cm³/mol. The van der Waals surface area contributed by atoms with Crippen LogP contribution >= 0.6 is 0 Å². The van der Waals surface area contributed by atoms with Gasteiger partial charge in [0.05, 0.1) is 17.8 Å². The van der Waals surface area contributed by atoms with Crippen molar-refractivity contribution in [3.8, 4) is 5.75 Å². The minimum absolute atomic E-state index is 0.574. The lowest BCUT2D eigenvalue weighted by molar-refractivity contribution is 0.317. The molecule has 0 radical (unpaired) electrons. The van der Waals surface area contributed by atoms with Gasteiger partial charge in [-0.05, 0) is 24.3 Å². The summed E-state index contributed by atoms with van der Waals surface area (Å²) in [6, 6.07) is 15.6. The fourth-order valence-electron chi connectivity index (χ4n) is 2.52. The number of nitrogens with zero attached hydrogens (tertiary/aromatic N) is 2. The molecule has 0 aliphatic heterocycles. The van der Waals surface area contributed by atoms with Gasteiger partial charge in [0.15, 0.2) is 0 Å². The van der Waals surface area contributed by atoms with Crippen molar-refractivity contribution in [2.45, 2.75) is 13.0 Å². The lowest BCUT2D eigenvalue weighted by atomic mass is 10.3. The highest BCUT2D eigenvalue weighted by molar-refractivity contribution is 5.87. The molecular weight excluding hydrogens is 274 g/mol. The molecule has 1 heterocycles. The van der Waals surface area contributed by atoms with Crippen LogP contribution in [0.5, 0.6) is 5.75 Å². The fourth-order valence-corrected chi connectivity index (χ4v) is 2.52. The van der Waals surface area contributed by atoms with Gasteiger partial charge < -0.3 is 15.0 Å². The van der Waals surface area contributed by atoms with Crippen molar-refractivity contribution in [2.75, 3.05) is 12.3 Å². The van der Waals surface area contributed by atoms with E-state index >= 15 is 0 Å². The number of para-hydroxylation sites is 2. The number of anilines is 1. The molecule has 3 aromatic rings. The second-order valence-corrected chi connectivity index (χ2v) is 5.05. The first-order chi connectivity index (χ1) is 10.8. The Kier molecular flexibility index (Phi) is 4.10. The summed E-state index contributed by atoms with van der Waals surface area (Å²) < 4.78 is 7.89. The van der Waals surface area contributed by atoms with E-state index in [2.05, 4.69) is 16.1 Å². The summed E-state index contributed by atoms with van der Waals surface area (Å²) in [5.74, 6) is 1.83. The number of hydrogen-bond donors (Lipinski definition) is 1. The summed E-state index contributed by atoms with van der Waals surface area (Å²) in [4.78, 5) is 4.67. The van der Waals surface area contributed by atoms with Crippen molar-refractivity contribution >= 4 is 16.7 Å². The molecule has 0 fully saturated rings. The summed E-state index contributed by atoms with van der Waals surface area (Å²) >= 11 is 0. The van der Waals surface area contributed by atoms with Crippen molar-refractivity contribution in [1.82, 2.24) is 9.55 Å². The number of aromatic nitrogens is 2. The minimum Gasteiger partial charge on any atom is -0.493 e. The van der Waals surface area contributed by atoms with Gasteiger partial charge in [-0.2, -0.15) is 0 Å². The molecule has 3 rings (SSSR count). The maximum absolute atomic E-state index is 6.02. The van der Waals surface area contributed by atoms with Gasteiger partial charge in [0.2, 0.25) is 0 Å². The van der Waals surface area contributed by atoms with Gasteiger partial charge >= 0.3 is 0 Å². The number of nitrogen functional groups attached to an aromatic ring is 1. The summed E-state index contributed by atoms with van der Waals surface area (Å²) in [5.41, 5.74) is 8.60. The molecule has 2 N–H and O–H groups in total. The molecule has 0 saturated carbocycles. The van der Waals surface area contributed by atoms with E-state index in [1.807, 2.05) is 54.6 Å². The van der Waals surface area contributed by atoms with Crippen LogP contribution in [0.1, 0.15) is 5.82 Å². The third kappa shape index (κ3) is 2.81. The van der Waals surface area contributed by atoms with Crippen molar-refractivity contribution in [1.29, 1.82) is 0 Å². The Morgan fingerprint density at radius 2 is 1.95 bits per heavy atom. The van der Waals surface area contributed by atoms with Crippen molar-refractivity contribution in [2.24, 2.45) is 0 Å². The Morgan fingerprint density at radius 1 is 1.14 bits per heavy atom. The topological polar surface area (TPSA) is 53.1 Å². The zero-order chi connectivity index (χ0) is 15.4. The lowest BCUT2D eigenvalue weighted by Crippen LogP contribution is -2.08. The van der Waals surface area contributed by atoms with Gasteiger partial charge in [-0.1, -0.05) is 30.3 Å². The first-order valence-electron chi connectivity index (χ1n) is 7.32. The standard InChI is InChI=1S/C18H19N3O/c1-2-12-21-16-10-6-9-15(19)18(16)20-17(21)11-13-22-14-7-4-3-5-8-14/h2-10H,1,11-13,19H2. The van der Waals surface area contributed by atoms with Gasteiger partial charge in [-0.15, -0.1) is 6.58 Å². The van der Waals surface area contributed by atoms with Crippen LogP contribution in [0.15, 0.2) is 61.2 Å². The smallest absolute Gasteiger partial charge is 0.119 e. The van der Waals surface area contributed by atoms with Gasteiger partial charge in [-0.25, -0.2) is 4.98 Å². The van der Waals surface area contributed by atoms with E-state index in [1.165, 1.54) is 0 Å². The van der Waals surface area contributed by atoms with Gasteiger partial charge in [0.1, 0.15) is 17.1 Å².